The summed E-state index contributed by atoms with van der Waals surface area (Å²) in [4.78, 5) is 33.2. The predicted octanol–water partition coefficient (Wildman–Crippen LogP) is 3.77. The maximum Gasteiger partial charge on any atom is 0.255 e. The lowest BCUT2D eigenvalue weighted by Gasteiger charge is -2.46. The number of carbonyl (C=O) groups excluding carboxylic acids is 2. The second kappa shape index (κ2) is 11.4. The molecule has 2 aromatic carbocycles. The highest BCUT2D eigenvalue weighted by molar-refractivity contribution is 6.35. The minimum Gasteiger partial charge on any atom is -0.394 e. The highest BCUT2D eigenvalue weighted by Crippen LogP contribution is 2.46. The Hall–Kier alpha value is -2.97. The summed E-state index contributed by atoms with van der Waals surface area (Å²) in [5.41, 5.74) is 2.22. The Morgan fingerprint density at radius 1 is 1.11 bits per heavy atom. The molecule has 3 aromatic rings. The number of aliphatic hydroxyl groups excluding tert-OH is 2. The number of nitrogens with zero attached hydrogens (tertiary/aromatic N) is 2. The third-order valence-electron chi connectivity index (χ3n) is 6.45. The Bertz CT molecular complexity index is 1240. The smallest absolute Gasteiger partial charge is 0.255 e. The van der Waals surface area contributed by atoms with E-state index in [1.165, 1.54) is 11.8 Å². The second-order valence-corrected chi connectivity index (χ2v) is 9.58. The third kappa shape index (κ3) is 5.25. The highest BCUT2D eigenvalue weighted by atomic mass is 35.5. The van der Waals surface area contributed by atoms with E-state index in [-0.39, 0.29) is 10.9 Å². The van der Waals surface area contributed by atoms with Crippen LogP contribution in [0.1, 0.15) is 46.1 Å². The summed E-state index contributed by atoms with van der Waals surface area (Å²) >= 11 is 12.7. The number of aliphatic hydroxyl groups is 2. The summed E-state index contributed by atoms with van der Waals surface area (Å²) in [6.07, 6.45) is 1.16. The Morgan fingerprint density at radius 3 is 2.53 bits per heavy atom. The molecule has 0 unspecified atom stereocenters. The second-order valence-electron chi connectivity index (χ2n) is 8.74. The van der Waals surface area contributed by atoms with Gasteiger partial charge in [0.1, 0.15) is 0 Å². The van der Waals surface area contributed by atoms with Crippen molar-refractivity contribution in [2.24, 2.45) is 0 Å². The summed E-state index contributed by atoms with van der Waals surface area (Å²) < 4.78 is 0. The fourth-order valence-electron chi connectivity index (χ4n) is 4.71. The van der Waals surface area contributed by atoms with Gasteiger partial charge in [-0.3, -0.25) is 14.6 Å². The van der Waals surface area contributed by atoms with Crippen LogP contribution in [0.4, 0.5) is 0 Å². The fourth-order valence-corrected chi connectivity index (χ4v) is 5.23. The number of fused-ring (bicyclic) bond motifs is 1. The first-order valence-corrected chi connectivity index (χ1v) is 12.4. The van der Waals surface area contributed by atoms with Crippen LogP contribution in [0.25, 0.3) is 0 Å². The number of benzene rings is 2. The van der Waals surface area contributed by atoms with Gasteiger partial charge < -0.3 is 20.4 Å². The van der Waals surface area contributed by atoms with Crippen LogP contribution in [0.15, 0.2) is 66.9 Å². The molecule has 2 amide bonds. The maximum absolute atomic E-state index is 13.8. The van der Waals surface area contributed by atoms with Crippen LogP contribution < -0.4 is 5.32 Å². The summed E-state index contributed by atoms with van der Waals surface area (Å²) in [6, 6.07) is 15.5. The molecule has 1 aliphatic heterocycles. The van der Waals surface area contributed by atoms with Crippen molar-refractivity contribution in [3.8, 4) is 0 Å². The van der Waals surface area contributed by atoms with Gasteiger partial charge in [-0.25, -0.2) is 0 Å². The molecule has 0 saturated heterocycles. The Balaban J connectivity index is 1.80. The molecule has 1 aliphatic rings. The minimum absolute atomic E-state index is 0.276. The zero-order chi connectivity index (χ0) is 25.8. The van der Waals surface area contributed by atoms with Gasteiger partial charge in [0.2, 0.25) is 5.91 Å². The first kappa shape index (κ1) is 26.1. The number of carbonyl (C=O) groups is 2. The van der Waals surface area contributed by atoms with Crippen LogP contribution in [0.5, 0.6) is 0 Å². The molecule has 0 saturated carbocycles. The number of nitrogens with one attached hydrogen (secondary N) is 1. The van der Waals surface area contributed by atoms with Crippen LogP contribution in [-0.2, 0) is 11.2 Å². The van der Waals surface area contributed by atoms with E-state index in [0.29, 0.717) is 34.7 Å². The van der Waals surface area contributed by atoms with E-state index in [9.17, 15) is 19.8 Å². The van der Waals surface area contributed by atoms with Crippen molar-refractivity contribution in [2.75, 3.05) is 13.2 Å². The topological polar surface area (TPSA) is 103 Å². The number of halogens is 2. The quantitative estimate of drug-likeness (QED) is 0.413. The minimum atomic E-state index is -1.06. The molecule has 1 aromatic heterocycles. The maximum atomic E-state index is 13.8. The average molecular weight is 528 g/mol. The van der Waals surface area contributed by atoms with E-state index in [0.717, 1.165) is 5.69 Å². The molecule has 4 atom stereocenters. The molecular weight excluding hydrogens is 501 g/mol. The van der Waals surface area contributed by atoms with Crippen molar-refractivity contribution in [2.45, 2.75) is 37.5 Å². The average Bonchev–Trinajstić information content (AvgIpc) is 2.86. The fraction of sp³-hybridized carbons (Fsp3) is 0.296. The molecule has 0 aliphatic carbocycles. The zero-order valence-electron chi connectivity index (χ0n) is 19.6. The molecule has 7 nitrogen and oxygen atoms in total. The molecule has 188 valence electrons. The van der Waals surface area contributed by atoms with Crippen LogP contribution in [0.3, 0.4) is 0 Å². The van der Waals surface area contributed by atoms with Crippen LogP contribution >= 0.6 is 23.2 Å². The monoisotopic (exact) mass is 527 g/mol. The Kier molecular flexibility index (Phi) is 8.26. The molecule has 9 heteroatoms. The van der Waals surface area contributed by atoms with Crippen molar-refractivity contribution in [1.29, 1.82) is 0 Å². The van der Waals surface area contributed by atoms with Gasteiger partial charge in [-0.2, -0.15) is 0 Å². The lowest BCUT2D eigenvalue weighted by atomic mass is 9.78. The largest absolute Gasteiger partial charge is 0.394 e. The summed E-state index contributed by atoms with van der Waals surface area (Å²) in [6.45, 7) is 1.34. The van der Waals surface area contributed by atoms with Crippen LogP contribution in [0.2, 0.25) is 10.0 Å². The SMILES string of the molecule is C[C@H](O)[C@H](CO)N1C(=O)c2ccccc2[C@H](C(=O)NCCc2ccccn2)[C@H]1c1ccc(Cl)cc1Cl. The molecule has 36 heavy (non-hydrogen) atoms. The van der Waals surface area contributed by atoms with Crippen molar-refractivity contribution >= 4 is 35.0 Å². The summed E-state index contributed by atoms with van der Waals surface area (Å²) in [5, 5.41) is 24.3. The molecule has 0 radical (unpaired) electrons. The molecule has 2 heterocycles. The van der Waals surface area contributed by atoms with Gasteiger partial charge in [-0.05, 0) is 48.4 Å². The molecular formula is C27H27Cl2N3O4. The van der Waals surface area contributed by atoms with E-state index in [1.807, 2.05) is 18.2 Å². The summed E-state index contributed by atoms with van der Waals surface area (Å²) in [5.74, 6) is -1.57. The molecule has 4 rings (SSSR count). The standard InChI is InChI=1S/C27H27Cl2N3O4/c1-16(34)23(15-33)32-25(21-10-9-17(28)14-22(21)29)24(19-7-2-3-8-20(19)27(32)36)26(35)31-13-11-18-6-4-5-12-30-18/h2-10,12,14,16,23-25,33-34H,11,13,15H2,1H3,(H,31,35)/t16-,23-,24-,25+/m0/s1. The van der Waals surface area contributed by atoms with Gasteiger partial charge in [0.15, 0.2) is 0 Å². The lowest BCUT2D eigenvalue weighted by Crippen LogP contribution is -2.55. The number of aromatic nitrogens is 1. The number of hydrogen-bond acceptors (Lipinski definition) is 5. The van der Waals surface area contributed by atoms with E-state index in [2.05, 4.69) is 10.3 Å². The number of pyridine rings is 1. The van der Waals surface area contributed by atoms with Gasteiger partial charge in [0, 0.05) is 40.5 Å². The normalized spacial score (nSPS) is 18.9. The predicted molar refractivity (Wildman–Crippen MR) is 138 cm³/mol. The Labute approximate surface area is 219 Å². The van der Waals surface area contributed by atoms with Crippen molar-refractivity contribution in [3.63, 3.8) is 0 Å². The van der Waals surface area contributed by atoms with E-state index in [1.54, 1.807) is 48.7 Å². The number of amides is 2. The van der Waals surface area contributed by atoms with Crippen molar-refractivity contribution < 1.29 is 19.8 Å². The molecule has 0 bridgehead atoms. The Morgan fingerprint density at radius 2 is 1.86 bits per heavy atom. The van der Waals surface area contributed by atoms with Gasteiger partial charge >= 0.3 is 0 Å². The van der Waals surface area contributed by atoms with Crippen LogP contribution in [-0.4, -0.2) is 57.2 Å². The molecule has 0 spiro atoms. The molecule has 0 fully saturated rings. The molecule has 3 N–H and O–H groups in total. The van der Waals surface area contributed by atoms with E-state index >= 15 is 0 Å². The zero-order valence-corrected chi connectivity index (χ0v) is 21.2. The van der Waals surface area contributed by atoms with Crippen molar-refractivity contribution in [3.05, 3.63) is 99.3 Å². The first-order chi connectivity index (χ1) is 17.3. The number of hydrogen-bond donors (Lipinski definition) is 3. The lowest BCUT2D eigenvalue weighted by molar-refractivity contribution is -0.125. The number of rotatable bonds is 8. The van der Waals surface area contributed by atoms with Crippen molar-refractivity contribution in [1.82, 2.24) is 15.2 Å². The summed E-state index contributed by atoms with van der Waals surface area (Å²) in [7, 11) is 0. The van der Waals surface area contributed by atoms with E-state index < -0.39 is 36.6 Å². The van der Waals surface area contributed by atoms with E-state index in [4.69, 9.17) is 23.2 Å². The highest BCUT2D eigenvalue weighted by Gasteiger charge is 2.48. The van der Waals surface area contributed by atoms with Gasteiger partial charge in [-0.15, -0.1) is 0 Å². The van der Waals surface area contributed by atoms with Gasteiger partial charge in [0.25, 0.3) is 5.91 Å². The first-order valence-electron chi connectivity index (χ1n) is 11.7. The van der Waals surface area contributed by atoms with Gasteiger partial charge in [0.05, 0.1) is 30.7 Å². The van der Waals surface area contributed by atoms with Gasteiger partial charge in [-0.1, -0.05) is 53.5 Å². The third-order valence-corrected chi connectivity index (χ3v) is 7.01. The van der Waals surface area contributed by atoms with Crippen LogP contribution in [0, 0.1) is 0 Å².